The van der Waals surface area contributed by atoms with Crippen molar-refractivity contribution in [3.8, 4) is 0 Å². The topological polar surface area (TPSA) is 24.1 Å². The summed E-state index contributed by atoms with van der Waals surface area (Å²) in [7, 11) is 0. The molecule has 0 saturated heterocycles. The number of hydrogen-bond donors (Lipinski definition) is 2. The van der Waals surface area contributed by atoms with E-state index >= 15 is 0 Å². The van der Waals surface area contributed by atoms with E-state index in [9.17, 15) is 0 Å². The Morgan fingerprint density at radius 2 is 1.90 bits per heavy atom. The highest BCUT2D eigenvalue weighted by molar-refractivity contribution is 7.80. The summed E-state index contributed by atoms with van der Waals surface area (Å²) in [6.45, 7) is 6.17. The lowest BCUT2D eigenvalue weighted by Crippen LogP contribution is -2.37. The third kappa shape index (κ3) is 7.11. The van der Waals surface area contributed by atoms with Gasteiger partial charge in [0.15, 0.2) is 5.11 Å². The van der Waals surface area contributed by atoms with Crippen molar-refractivity contribution in [2.75, 3.05) is 6.54 Å². The summed E-state index contributed by atoms with van der Waals surface area (Å²) in [4.78, 5) is 0. The molecular weight excluding hydrogens is 288 g/mol. The Morgan fingerprint density at radius 3 is 2.50 bits per heavy atom. The van der Waals surface area contributed by atoms with Crippen LogP contribution in [-0.4, -0.2) is 11.7 Å². The van der Waals surface area contributed by atoms with Gasteiger partial charge in [0, 0.05) is 18.1 Å². The Balaban J connectivity index is 2.24. The van der Waals surface area contributed by atoms with E-state index in [2.05, 4.69) is 24.5 Å². The van der Waals surface area contributed by atoms with Crippen molar-refractivity contribution in [2.24, 2.45) is 5.92 Å². The molecule has 0 aliphatic heterocycles. The first-order valence-electron chi connectivity index (χ1n) is 7.41. The quantitative estimate of drug-likeness (QED) is 0.690. The highest BCUT2D eigenvalue weighted by Crippen LogP contribution is 2.11. The highest BCUT2D eigenvalue weighted by atomic mass is 35.5. The van der Waals surface area contributed by atoms with Gasteiger partial charge in [-0.25, -0.2) is 0 Å². The van der Waals surface area contributed by atoms with Gasteiger partial charge in [0.05, 0.1) is 0 Å². The first-order valence-corrected chi connectivity index (χ1v) is 8.20. The molecule has 0 bridgehead atoms. The van der Waals surface area contributed by atoms with Crippen molar-refractivity contribution < 1.29 is 0 Å². The Bertz CT molecular complexity index is 392. The fourth-order valence-electron chi connectivity index (χ4n) is 2.03. The number of unbranched alkanes of at least 4 members (excludes halogenated alkanes) is 1. The summed E-state index contributed by atoms with van der Waals surface area (Å²) in [5.74, 6) is 0.713. The van der Waals surface area contributed by atoms with Crippen LogP contribution in [-0.2, 0) is 6.54 Å². The first kappa shape index (κ1) is 17.3. The van der Waals surface area contributed by atoms with E-state index in [1.54, 1.807) is 0 Å². The van der Waals surface area contributed by atoms with Gasteiger partial charge < -0.3 is 10.6 Å². The number of thiocarbonyl (C=S) groups is 1. The maximum atomic E-state index is 5.86. The Labute approximate surface area is 133 Å². The van der Waals surface area contributed by atoms with E-state index in [1.807, 2.05) is 24.3 Å². The van der Waals surface area contributed by atoms with Crippen LogP contribution in [0.15, 0.2) is 24.3 Å². The average molecular weight is 313 g/mol. The maximum absolute atomic E-state index is 5.86. The zero-order valence-corrected chi connectivity index (χ0v) is 14.0. The third-order valence-electron chi connectivity index (χ3n) is 3.46. The highest BCUT2D eigenvalue weighted by Gasteiger charge is 2.06. The second-order valence-electron chi connectivity index (χ2n) is 5.11. The molecule has 4 heteroatoms. The molecule has 1 rings (SSSR count). The monoisotopic (exact) mass is 312 g/mol. The van der Waals surface area contributed by atoms with Crippen molar-refractivity contribution >= 4 is 28.9 Å². The van der Waals surface area contributed by atoms with Gasteiger partial charge in [-0.15, -0.1) is 0 Å². The van der Waals surface area contributed by atoms with Crippen LogP contribution in [0.25, 0.3) is 0 Å². The number of benzene rings is 1. The Morgan fingerprint density at radius 1 is 1.20 bits per heavy atom. The minimum atomic E-state index is 0.713. The fourth-order valence-corrected chi connectivity index (χ4v) is 2.31. The smallest absolute Gasteiger partial charge is 0.166 e. The molecule has 2 nitrogen and oxygen atoms in total. The van der Waals surface area contributed by atoms with E-state index in [0.717, 1.165) is 23.2 Å². The summed E-state index contributed by atoms with van der Waals surface area (Å²) < 4.78 is 0. The van der Waals surface area contributed by atoms with Crippen molar-refractivity contribution in [3.63, 3.8) is 0 Å². The minimum absolute atomic E-state index is 0.713. The zero-order valence-electron chi connectivity index (χ0n) is 12.4. The lowest BCUT2D eigenvalue weighted by molar-refractivity contribution is 0.445. The van der Waals surface area contributed by atoms with Crippen LogP contribution in [0.3, 0.4) is 0 Å². The fraction of sp³-hybridized carbons (Fsp3) is 0.562. The first-order chi connectivity index (χ1) is 9.65. The van der Waals surface area contributed by atoms with E-state index in [4.69, 9.17) is 23.8 Å². The second-order valence-corrected chi connectivity index (χ2v) is 5.95. The van der Waals surface area contributed by atoms with Gasteiger partial charge in [-0.1, -0.05) is 56.8 Å². The van der Waals surface area contributed by atoms with Gasteiger partial charge >= 0.3 is 0 Å². The summed E-state index contributed by atoms with van der Waals surface area (Å²) in [5, 5.41) is 8.04. The molecule has 0 spiro atoms. The molecule has 112 valence electrons. The van der Waals surface area contributed by atoms with E-state index in [-0.39, 0.29) is 0 Å². The summed E-state index contributed by atoms with van der Waals surface area (Å²) >= 11 is 11.2. The van der Waals surface area contributed by atoms with Crippen molar-refractivity contribution in [3.05, 3.63) is 34.9 Å². The SMILES string of the molecule is CCCCC(CC)CNC(=S)NCc1ccc(Cl)cc1. The van der Waals surface area contributed by atoms with Gasteiger partial charge in [0.25, 0.3) is 0 Å². The molecule has 2 N–H and O–H groups in total. The summed E-state index contributed by atoms with van der Waals surface area (Å²) in [6.07, 6.45) is 5.04. The lowest BCUT2D eigenvalue weighted by Gasteiger charge is -2.17. The molecule has 20 heavy (non-hydrogen) atoms. The number of rotatable bonds is 8. The zero-order chi connectivity index (χ0) is 14.8. The van der Waals surface area contributed by atoms with Gasteiger partial charge in [0.2, 0.25) is 0 Å². The normalized spacial score (nSPS) is 11.9. The molecule has 0 aromatic heterocycles. The van der Waals surface area contributed by atoms with Crippen LogP contribution in [0.2, 0.25) is 5.02 Å². The second kappa shape index (κ2) is 10.0. The van der Waals surface area contributed by atoms with Crippen LogP contribution in [0, 0.1) is 5.92 Å². The predicted molar refractivity (Wildman–Crippen MR) is 92.2 cm³/mol. The molecular formula is C16H25ClN2S. The number of nitrogens with one attached hydrogen (secondary N) is 2. The molecule has 0 aliphatic carbocycles. The van der Waals surface area contributed by atoms with Crippen molar-refractivity contribution in [1.82, 2.24) is 10.6 Å². The number of halogens is 1. The molecule has 0 aliphatic rings. The summed E-state index contributed by atoms with van der Waals surface area (Å²) in [6, 6.07) is 7.81. The molecule has 0 amide bonds. The Kier molecular flexibility index (Phi) is 8.63. The van der Waals surface area contributed by atoms with Gasteiger partial charge in [-0.3, -0.25) is 0 Å². The van der Waals surface area contributed by atoms with Gasteiger partial charge in [0.1, 0.15) is 0 Å². The van der Waals surface area contributed by atoms with Gasteiger partial charge in [-0.2, -0.15) is 0 Å². The van der Waals surface area contributed by atoms with E-state index in [1.165, 1.54) is 31.2 Å². The van der Waals surface area contributed by atoms with Gasteiger partial charge in [-0.05, 0) is 42.3 Å². The molecule has 0 heterocycles. The molecule has 1 atom stereocenters. The van der Waals surface area contributed by atoms with Crippen LogP contribution in [0.5, 0.6) is 0 Å². The minimum Gasteiger partial charge on any atom is -0.362 e. The maximum Gasteiger partial charge on any atom is 0.166 e. The van der Waals surface area contributed by atoms with E-state index in [0.29, 0.717) is 5.92 Å². The average Bonchev–Trinajstić information content (AvgIpc) is 2.47. The predicted octanol–water partition coefficient (Wildman–Crippen LogP) is 4.52. The molecule has 1 aromatic carbocycles. The number of hydrogen-bond acceptors (Lipinski definition) is 1. The van der Waals surface area contributed by atoms with Crippen LogP contribution in [0.4, 0.5) is 0 Å². The van der Waals surface area contributed by atoms with Crippen LogP contribution >= 0.6 is 23.8 Å². The Hall–Kier alpha value is -0.800. The third-order valence-corrected chi connectivity index (χ3v) is 4.00. The largest absolute Gasteiger partial charge is 0.362 e. The van der Waals surface area contributed by atoms with Crippen LogP contribution < -0.4 is 10.6 Å². The molecule has 1 aromatic rings. The molecule has 0 fully saturated rings. The lowest BCUT2D eigenvalue weighted by atomic mass is 9.99. The standard InChI is InChI=1S/C16H25ClN2S/c1-3-5-6-13(4-2)11-18-16(20)19-12-14-7-9-15(17)10-8-14/h7-10,13H,3-6,11-12H2,1-2H3,(H2,18,19,20). The summed E-state index contributed by atoms with van der Waals surface area (Å²) in [5.41, 5.74) is 1.18. The molecule has 0 saturated carbocycles. The van der Waals surface area contributed by atoms with E-state index < -0.39 is 0 Å². The van der Waals surface area contributed by atoms with Crippen molar-refractivity contribution in [2.45, 2.75) is 46.1 Å². The molecule has 0 radical (unpaired) electrons. The molecule has 1 unspecified atom stereocenters. The van der Waals surface area contributed by atoms with Crippen molar-refractivity contribution in [1.29, 1.82) is 0 Å². The van der Waals surface area contributed by atoms with Crippen LogP contribution in [0.1, 0.15) is 45.1 Å².